The monoisotopic (exact) mass is 213 g/mol. The van der Waals surface area contributed by atoms with Crippen molar-refractivity contribution in [3.05, 3.63) is 0 Å². The topological polar surface area (TPSA) is 87.7 Å². The Hall–Kier alpha value is -1.26. The molecule has 1 saturated carbocycles. The van der Waals surface area contributed by atoms with Crippen molar-refractivity contribution in [2.45, 2.75) is 32.6 Å². The Morgan fingerprint density at radius 2 is 2.33 bits per heavy atom. The molecule has 0 bridgehead atoms. The number of carbonyl (C=O) groups is 1. The quantitative estimate of drug-likeness (QED) is 0.262. The van der Waals surface area contributed by atoms with E-state index < -0.39 is 5.92 Å². The van der Waals surface area contributed by atoms with Crippen LogP contribution in [0.3, 0.4) is 0 Å². The minimum atomic E-state index is -0.487. The highest BCUT2D eigenvalue weighted by Crippen LogP contribution is 2.27. The van der Waals surface area contributed by atoms with Gasteiger partial charge in [-0.2, -0.15) is 0 Å². The molecule has 0 radical (unpaired) electrons. The lowest BCUT2D eigenvalue weighted by atomic mass is 10.0. The molecule has 5 heteroatoms. The van der Waals surface area contributed by atoms with E-state index in [1.807, 2.05) is 6.92 Å². The first kappa shape index (κ1) is 11.8. The summed E-state index contributed by atoms with van der Waals surface area (Å²) >= 11 is 0. The summed E-state index contributed by atoms with van der Waals surface area (Å²) in [6, 6.07) is 0. The number of amidine groups is 1. The van der Waals surface area contributed by atoms with Gasteiger partial charge in [0.05, 0.1) is 5.92 Å². The normalized spacial score (nSPS) is 18.6. The molecule has 1 fully saturated rings. The predicted molar refractivity (Wildman–Crippen MR) is 57.5 cm³/mol. The van der Waals surface area contributed by atoms with Crippen LogP contribution in [-0.2, 0) is 4.79 Å². The zero-order chi connectivity index (χ0) is 11.3. The SMILES string of the molecule is CCCC(C(=O)NCC1CC1)C(N)=NO. The van der Waals surface area contributed by atoms with Crippen molar-refractivity contribution in [1.82, 2.24) is 5.32 Å². The second-order valence-corrected chi connectivity index (χ2v) is 4.05. The molecule has 4 N–H and O–H groups in total. The zero-order valence-electron chi connectivity index (χ0n) is 9.07. The van der Waals surface area contributed by atoms with Crippen LogP contribution < -0.4 is 11.1 Å². The van der Waals surface area contributed by atoms with Crippen LogP contribution in [0.25, 0.3) is 0 Å². The lowest BCUT2D eigenvalue weighted by Crippen LogP contribution is -2.39. The number of nitrogens with two attached hydrogens (primary N) is 1. The van der Waals surface area contributed by atoms with E-state index in [4.69, 9.17) is 10.9 Å². The number of rotatable bonds is 6. The van der Waals surface area contributed by atoms with E-state index in [1.54, 1.807) is 0 Å². The number of hydrogen-bond acceptors (Lipinski definition) is 3. The summed E-state index contributed by atoms with van der Waals surface area (Å²) in [6.07, 6.45) is 3.84. The molecule has 1 aliphatic carbocycles. The second-order valence-electron chi connectivity index (χ2n) is 4.05. The standard InChI is InChI=1S/C10H19N3O2/c1-2-3-8(9(11)13-15)10(14)12-6-7-4-5-7/h7-8,15H,2-6H2,1H3,(H2,11,13)(H,12,14). The summed E-state index contributed by atoms with van der Waals surface area (Å²) in [5.41, 5.74) is 5.47. The van der Waals surface area contributed by atoms with Crippen molar-refractivity contribution in [3.63, 3.8) is 0 Å². The minimum Gasteiger partial charge on any atom is -0.409 e. The smallest absolute Gasteiger partial charge is 0.230 e. The van der Waals surface area contributed by atoms with Gasteiger partial charge < -0.3 is 16.3 Å². The Labute approximate surface area is 89.7 Å². The van der Waals surface area contributed by atoms with Gasteiger partial charge in [-0.3, -0.25) is 4.79 Å². The van der Waals surface area contributed by atoms with E-state index >= 15 is 0 Å². The number of hydrogen-bond donors (Lipinski definition) is 3. The molecule has 0 spiro atoms. The van der Waals surface area contributed by atoms with Gasteiger partial charge in [-0.1, -0.05) is 18.5 Å². The molecule has 0 aliphatic heterocycles. The number of amides is 1. The van der Waals surface area contributed by atoms with E-state index in [0.29, 0.717) is 12.3 Å². The van der Waals surface area contributed by atoms with Gasteiger partial charge in [-0.25, -0.2) is 0 Å². The molecule has 0 aromatic carbocycles. The highest BCUT2D eigenvalue weighted by molar-refractivity contribution is 6.02. The molecule has 1 atom stereocenters. The maximum Gasteiger partial charge on any atom is 0.230 e. The molecule has 5 nitrogen and oxygen atoms in total. The summed E-state index contributed by atoms with van der Waals surface area (Å²) in [7, 11) is 0. The van der Waals surface area contributed by atoms with Crippen LogP contribution in [-0.4, -0.2) is 23.5 Å². The Morgan fingerprint density at radius 3 is 2.80 bits per heavy atom. The average molecular weight is 213 g/mol. The maximum atomic E-state index is 11.7. The molecule has 1 rings (SSSR count). The molecular formula is C10H19N3O2. The fourth-order valence-corrected chi connectivity index (χ4v) is 1.46. The molecule has 1 unspecified atom stereocenters. The third-order valence-corrected chi connectivity index (χ3v) is 2.63. The van der Waals surface area contributed by atoms with E-state index in [-0.39, 0.29) is 11.7 Å². The number of nitrogens with zero attached hydrogens (tertiary/aromatic N) is 1. The predicted octanol–water partition coefficient (Wildman–Crippen LogP) is 0.675. The lowest BCUT2D eigenvalue weighted by molar-refractivity contribution is -0.123. The van der Waals surface area contributed by atoms with Crippen LogP contribution in [0, 0.1) is 11.8 Å². The fraction of sp³-hybridized carbons (Fsp3) is 0.800. The highest BCUT2D eigenvalue weighted by Gasteiger charge is 2.26. The number of nitrogens with one attached hydrogen (secondary N) is 1. The van der Waals surface area contributed by atoms with Crippen LogP contribution >= 0.6 is 0 Å². The van der Waals surface area contributed by atoms with Crippen molar-refractivity contribution in [2.24, 2.45) is 22.7 Å². The van der Waals surface area contributed by atoms with Gasteiger partial charge in [0.2, 0.25) is 5.91 Å². The van der Waals surface area contributed by atoms with Gasteiger partial charge in [0.15, 0.2) is 5.84 Å². The van der Waals surface area contributed by atoms with E-state index in [1.165, 1.54) is 12.8 Å². The van der Waals surface area contributed by atoms with Crippen molar-refractivity contribution >= 4 is 11.7 Å². The van der Waals surface area contributed by atoms with Crippen LogP contribution in [0.5, 0.6) is 0 Å². The van der Waals surface area contributed by atoms with E-state index in [0.717, 1.165) is 13.0 Å². The van der Waals surface area contributed by atoms with Crippen LogP contribution in [0.1, 0.15) is 32.6 Å². The molecule has 86 valence electrons. The summed E-state index contributed by atoms with van der Waals surface area (Å²) in [5, 5.41) is 14.3. The summed E-state index contributed by atoms with van der Waals surface area (Å²) in [6.45, 7) is 2.68. The lowest BCUT2D eigenvalue weighted by Gasteiger charge is -2.14. The first-order valence-electron chi connectivity index (χ1n) is 5.44. The second kappa shape index (κ2) is 5.58. The minimum absolute atomic E-state index is 0.00477. The first-order chi connectivity index (χ1) is 7.19. The van der Waals surface area contributed by atoms with Gasteiger partial charge in [-0.15, -0.1) is 0 Å². The van der Waals surface area contributed by atoms with Crippen LogP contribution in [0.2, 0.25) is 0 Å². The number of oxime groups is 1. The molecule has 0 saturated heterocycles. The zero-order valence-corrected chi connectivity index (χ0v) is 9.07. The van der Waals surface area contributed by atoms with Gasteiger partial charge in [-0.05, 0) is 25.2 Å². The Kier molecular flexibility index (Phi) is 4.39. The molecule has 15 heavy (non-hydrogen) atoms. The molecule has 0 heterocycles. The third kappa shape index (κ3) is 3.77. The Balaban J connectivity index is 2.41. The largest absolute Gasteiger partial charge is 0.409 e. The summed E-state index contributed by atoms with van der Waals surface area (Å²) in [5.74, 6) is 0.0338. The van der Waals surface area contributed by atoms with Crippen molar-refractivity contribution < 1.29 is 10.0 Å². The first-order valence-corrected chi connectivity index (χ1v) is 5.44. The molecule has 0 aromatic rings. The molecule has 0 aromatic heterocycles. The number of carbonyl (C=O) groups excluding carboxylic acids is 1. The molecule has 1 aliphatic rings. The molecular weight excluding hydrogens is 194 g/mol. The van der Waals surface area contributed by atoms with Gasteiger partial charge in [0.1, 0.15) is 0 Å². The van der Waals surface area contributed by atoms with Crippen molar-refractivity contribution in [3.8, 4) is 0 Å². The maximum absolute atomic E-state index is 11.7. The molecule has 1 amide bonds. The average Bonchev–Trinajstić information content (AvgIpc) is 3.05. The van der Waals surface area contributed by atoms with Crippen molar-refractivity contribution in [2.75, 3.05) is 6.54 Å². The van der Waals surface area contributed by atoms with Crippen LogP contribution in [0.15, 0.2) is 5.16 Å². The highest BCUT2D eigenvalue weighted by atomic mass is 16.4. The van der Waals surface area contributed by atoms with Gasteiger partial charge in [0.25, 0.3) is 0 Å². The summed E-state index contributed by atoms with van der Waals surface area (Å²) in [4.78, 5) is 11.7. The third-order valence-electron chi connectivity index (χ3n) is 2.63. The Morgan fingerprint density at radius 1 is 1.67 bits per heavy atom. The summed E-state index contributed by atoms with van der Waals surface area (Å²) < 4.78 is 0. The van der Waals surface area contributed by atoms with Gasteiger partial charge in [0, 0.05) is 6.54 Å². The van der Waals surface area contributed by atoms with Gasteiger partial charge >= 0.3 is 0 Å². The van der Waals surface area contributed by atoms with Crippen LogP contribution in [0.4, 0.5) is 0 Å². The Bertz CT molecular complexity index is 249. The van der Waals surface area contributed by atoms with Crippen molar-refractivity contribution in [1.29, 1.82) is 0 Å². The van der Waals surface area contributed by atoms with E-state index in [9.17, 15) is 4.79 Å². The fourth-order valence-electron chi connectivity index (χ4n) is 1.46. The van der Waals surface area contributed by atoms with E-state index in [2.05, 4.69) is 10.5 Å².